The number of primary amides is 1. The van der Waals surface area contributed by atoms with Gasteiger partial charge in [0.1, 0.15) is 0 Å². The number of esters is 1. The maximum absolute atomic E-state index is 11.4. The summed E-state index contributed by atoms with van der Waals surface area (Å²) >= 11 is 0. The molecule has 1 unspecified atom stereocenters. The smallest absolute Gasteiger partial charge is 0.310 e. The van der Waals surface area contributed by atoms with Crippen molar-refractivity contribution in [2.75, 3.05) is 20.2 Å². The van der Waals surface area contributed by atoms with Crippen LogP contribution in [0.25, 0.3) is 0 Å². The molecule has 5 heteroatoms. The highest BCUT2D eigenvalue weighted by Gasteiger charge is 2.28. The Balaban J connectivity index is 1.92. The molecule has 102 valence electrons. The summed E-state index contributed by atoms with van der Waals surface area (Å²) in [6.45, 7) is 2.38. The lowest BCUT2D eigenvalue weighted by Crippen LogP contribution is -2.23. The predicted octanol–water partition coefficient (Wildman–Crippen LogP) is 0.780. The molecular weight excluding hydrogens is 244 g/mol. The lowest BCUT2D eigenvalue weighted by molar-refractivity contribution is -0.144. The number of carbonyl (C=O) groups is 2. The first kappa shape index (κ1) is 13.5. The highest BCUT2D eigenvalue weighted by Crippen LogP contribution is 2.19. The van der Waals surface area contributed by atoms with Gasteiger partial charge in [-0.15, -0.1) is 0 Å². The van der Waals surface area contributed by atoms with E-state index in [1.165, 1.54) is 7.11 Å². The van der Waals surface area contributed by atoms with Gasteiger partial charge in [0.2, 0.25) is 5.91 Å². The Hall–Kier alpha value is -1.88. The van der Waals surface area contributed by atoms with Crippen molar-refractivity contribution >= 4 is 11.9 Å². The number of ether oxygens (including phenoxy) is 1. The number of methoxy groups -OCH3 is 1. The Morgan fingerprint density at radius 2 is 2.05 bits per heavy atom. The topological polar surface area (TPSA) is 72.6 Å². The number of rotatable bonds is 4. The summed E-state index contributed by atoms with van der Waals surface area (Å²) in [4.78, 5) is 24.6. The van der Waals surface area contributed by atoms with Gasteiger partial charge in [0, 0.05) is 18.7 Å². The van der Waals surface area contributed by atoms with Crippen molar-refractivity contribution in [2.45, 2.75) is 13.0 Å². The Labute approximate surface area is 112 Å². The van der Waals surface area contributed by atoms with Gasteiger partial charge < -0.3 is 10.5 Å². The van der Waals surface area contributed by atoms with E-state index in [1.54, 1.807) is 12.1 Å². The van der Waals surface area contributed by atoms with Gasteiger partial charge in [-0.25, -0.2) is 0 Å². The molecule has 2 N–H and O–H groups in total. The number of nitrogens with zero attached hydrogens (tertiary/aromatic N) is 1. The van der Waals surface area contributed by atoms with E-state index >= 15 is 0 Å². The zero-order chi connectivity index (χ0) is 13.8. The van der Waals surface area contributed by atoms with Crippen LogP contribution in [0.5, 0.6) is 0 Å². The van der Waals surface area contributed by atoms with E-state index in [-0.39, 0.29) is 11.9 Å². The molecule has 0 saturated carbocycles. The van der Waals surface area contributed by atoms with Gasteiger partial charge in [0.25, 0.3) is 0 Å². The van der Waals surface area contributed by atoms with Crippen LogP contribution < -0.4 is 5.73 Å². The van der Waals surface area contributed by atoms with Crippen LogP contribution in [0, 0.1) is 5.92 Å². The first-order valence-corrected chi connectivity index (χ1v) is 6.29. The predicted molar refractivity (Wildman–Crippen MR) is 70.4 cm³/mol. The minimum Gasteiger partial charge on any atom is -0.469 e. The summed E-state index contributed by atoms with van der Waals surface area (Å²) in [7, 11) is 1.42. The SMILES string of the molecule is COC(=O)C1CCN(Cc2ccc(C(N)=O)cc2)C1. The highest BCUT2D eigenvalue weighted by atomic mass is 16.5. The van der Waals surface area contributed by atoms with Crippen LogP contribution in [-0.2, 0) is 16.1 Å². The van der Waals surface area contributed by atoms with Crippen LogP contribution in [0.1, 0.15) is 22.3 Å². The average Bonchev–Trinajstić information content (AvgIpc) is 2.87. The lowest BCUT2D eigenvalue weighted by Gasteiger charge is -2.15. The standard InChI is InChI=1S/C14H18N2O3/c1-19-14(18)12-6-7-16(9-12)8-10-2-4-11(5-3-10)13(15)17/h2-5,12H,6-9H2,1H3,(H2,15,17). The molecule has 1 aromatic rings. The summed E-state index contributed by atoms with van der Waals surface area (Å²) in [6.07, 6.45) is 0.839. The Morgan fingerprint density at radius 1 is 1.37 bits per heavy atom. The maximum Gasteiger partial charge on any atom is 0.310 e. The number of hydrogen-bond acceptors (Lipinski definition) is 4. The molecule has 1 saturated heterocycles. The van der Waals surface area contributed by atoms with E-state index in [9.17, 15) is 9.59 Å². The lowest BCUT2D eigenvalue weighted by atomic mass is 10.1. The van der Waals surface area contributed by atoms with Crippen LogP contribution in [0.4, 0.5) is 0 Å². The van der Waals surface area contributed by atoms with E-state index in [4.69, 9.17) is 10.5 Å². The van der Waals surface area contributed by atoms with E-state index in [1.807, 2.05) is 12.1 Å². The zero-order valence-corrected chi connectivity index (χ0v) is 11.0. The average molecular weight is 262 g/mol. The van der Waals surface area contributed by atoms with Gasteiger partial charge in [-0.2, -0.15) is 0 Å². The molecule has 1 aromatic carbocycles. The summed E-state index contributed by atoms with van der Waals surface area (Å²) in [5.41, 5.74) is 6.81. The minimum atomic E-state index is -0.418. The van der Waals surface area contributed by atoms with Gasteiger partial charge in [0.15, 0.2) is 0 Å². The fraction of sp³-hybridized carbons (Fsp3) is 0.429. The molecule has 0 spiro atoms. The van der Waals surface area contributed by atoms with Crippen LogP contribution in [0.3, 0.4) is 0 Å². The number of hydrogen-bond donors (Lipinski definition) is 1. The van der Waals surface area contributed by atoms with E-state index < -0.39 is 5.91 Å². The second-order valence-electron chi connectivity index (χ2n) is 4.81. The maximum atomic E-state index is 11.4. The summed E-state index contributed by atoms with van der Waals surface area (Å²) in [6, 6.07) is 7.24. The number of carbonyl (C=O) groups excluding carboxylic acids is 2. The van der Waals surface area contributed by atoms with Crippen molar-refractivity contribution in [2.24, 2.45) is 11.7 Å². The van der Waals surface area contributed by atoms with E-state index in [0.717, 1.165) is 31.6 Å². The van der Waals surface area contributed by atoms with Gasteiger partial charge in [0.05, 0.1) is 13.0 Å². The number of amides is 1. The summed E-state index contributed by atoms with van der Waals surface area (Å²) in [5.74, 6) is -0.569. The van der Waals surface area contributed by atoms with Crippen LogP contribution >= 0.6 is 0 Å². The number of nitrogens with two attached hydrogens (primary N) is 1. The molecule has 1 aliphatic rings. The molecule has 19 heavy (non-hydrogen) atoms. The van der Waals surface area contributed by atoms with Crippen molar-refractivity contribution in [3.05, 3.63) is 35.4 Å². The zero-order valence-electron chi connectivity index (χ0n) is 11.0. The van der Waals surface area contributed by atoms with Crippen molar-refractivity contribution < 1.29 is 14.3 Å². The molecule has 0 aliphatic carbocycles. The molecule has 1 heterocycles. The molecule has 1 aliphatic heterocycles. The molecule has 0 radical (unpaired) electrons. The molecular formula is C14H18N2O3. The number of likely N-dealkylation sites (tertiary alicyclic amines) is 1. The molecule has 2 rings (SSSR count). The molecule has 0 bridgehead atoms. The van der Waals surface area contributed by atoms with Crippen molar-refractivity contribution in [1.82, 2.24) is 4.90 Å². The molecule has 1 fully saturated rings. The number of benzene rings is 1. The van der Waals surface area contributed by atoms with E-state index in [0.29, 0.717) is 5.56 Å². The monoisotopic (exact) mass is 262 g/mol. The third-order valence-electron chi connectivity index (χ3n) is 3.45. The van der Waals surface area contributed by atoms with Gasteiger partial charge in [-0.05, 0) is 30.7 Å². The third kappa shape index (κ3) is 3.32. The second-order valence-corrected chi connectivity index (χ2v) is 4.81. The Morgan fingerprint density at radius 3 is 2.63 bits per heavy atom. The largest absolute Gasteiger partial charge is 0.469 e. The van der Waals surface area contributed by atoms with Crippen molar-refractivity contribution in [3.63, 3.8) is 0 Å². The second kappa shape index (κ2) is 5.84. The van der Waals surface area contributed by atoms with Gasteiger partial charge in [-0.1, -0.05) is 12.1 Å². The van der Waals surface area contributed by atoms with Crippen LogP contribution in [0.2, 0.25) is 0 Å². The Kier molecular flexibility index (Phi) is 4.16. The highest BCUT2D eigenvalue weighted by molar-refractivity contribution is 5.92. The fourth-order valence-corrected chi connectivity index (χ4v) is 2.37. The van der Waals surface area contributed by atoms with Crippen molar-refractivity contribution in [3.8, 4) is 0 Å². The van der Waals surface area contributed by atoms with Gasteiger partial charge in [-0.3, -0.25) is 14.5 Å². The molecule has 5 nitrogen and oxygen atoms in total. The first-order valence-electron chi connectivity index (χ1n) is 6.29. The van der Waals surface area contributed by atoms with Crippen LogP contribution in [-0.4, -0.2) is 37.0 Å². The normalized spacial score (nSPS) is 19.3. The minimum absolute atomic E-state index is 0.0186. The van der Waals surface area contributed by atoms with E-state index in [2.05, 4.69) is 4.90 Å². The third-order valence-corrected chi connectivity index (χ3v) is 3.45. The van der Waals surface area contributed by atoms with Gasteiger partial charge >= 0.3 is 5.97 Å². The van der Waals surface area contributed by atoms with Crippen LogP contribution in [0.15, 0.2) is 24.3 Å². The molecule has 0 aromatic heterocycles. The quantitative estimate of drug-likeness (QED) is 0.814. The summed E-state index contributed by atoms with van der Waals surface area (Å²) < 4.78 is 4.76. The molecule has 1 atom stereocenters. The molecule has 1 amide bonds. The summed E-state index contributed by atoms with van der Waals surface area (Å²) in [5, 5.41) is 0. The fourth-order valence-electron chi connectivity index (χ4n) is 2.37. The first-order chi connectivity index (χ1) is 9.10. The Bertz CT molecular complexity index is 470. The van der Waals surface area contributed by atoms with Crippen molar-refractivity contribution in [1.29, 1.82) is 0 Å².